The number of hydrogen-bond acceptors (Lipinski definition) is 2. The predicted molar refractivity (Wildman–Crippen MR) is 94.4 cm³/mol. The third-order valence-corrected chi connectivity index (χ3v) is 4.77. The quantitative estimate of drug-likeness (QED) is 0.801. The van der Waals surface area contributed by atoms with Crippen LogP contribution in [0.2, 0.25) is 0 Å². The molecule has 0 N–H and O–H groups in total. The molecule has 0 saturated heterocycles. The van der Waals surface area contributed by atoms with Crippen molar-refractivity contribution in [2.75, 3.05) is 18.0 Å². The highest BCUT2D eigenvalue weighted by Crippen LogP contribution is 2.32. The fraction of sp³-hybridized carbons (Fsp3) is 0.450. The lowest BCUT2D eigenvalue weighted by atomic mass is 9.95. The minimum absolute atomic E-state index is 0.756. The first-order chi connectivity index (χ1) is 10.7. The van der Waals surface area contributed by atoms with E-state index in [2.05, 4.69) is 54.1 Å². The number of nitrogens with zero attached hydrogens (tertiary/aromatic N) is 2. The number of fused-ring (bicyclic) bond motifs is 1. The molecule has 0 radical (unpaired) electrons. The largest absolute Gasteiger partial charge is 0.371 e. The monoisotopic (exact) mass is 294 g/mol. The molecule has 1 atom stereocenters. The van der Waals surface area contributed by atoms with Gasteiger partial charge in [-0.15, -0.1) is 0 Å². The van der Waals surface area contributed by atoms with E-state index in [1.54, 1.807) is 0 Å². The second kappa shape index (κ2) is 6.51. The summed E-state index contributed by atoms with van der Waals surface area (Å²) in [7, 11) is 0. The number of benzene rings is 1. The summed E-state index contributed by atoms with van der Waals surface area (Å²) in [6.45, 7) is 9.03. The van der Waals surface area contributed by atoms with Gasteiger partial charge in [-0.2, -0.15) is 0 Å². The van der Waals surface area contributed by atoms with Crippen LogP contribution in [0, 0.1) is 12.8 Å². The molecule has 1 aliphatic heterocycles. The van der Waals surface area contributed by atoms with Crippen LogP contribution in [0.5, 0.6) is 0 Å². The molecule has 0 amide bonds. The standard InChI is InChI=1S/C20H26N2/c1-4-15(2)14-22-11-5-6-18-12-17(9-10-20(18)22)19-8-7-16(3)21-13-19/h7-10,12-13,15H,4-6,11,14H2,1-3H3. The molecule has 2 heterocycles. The Morgan fingerprint density at radius 2 is 2.00 bits per heavy atom. The Labute approximate surface area is 134 Å². The molecule has 2 nitrogen and oxygen atoms in total. The summed E-state index contributed by atoms with van der Waals surface area (Å²) >= 11 is 0. The molecule has 0 bridgehead atoms. The van der Waals surface area contributed by atoms with Gasteiger partial charge in [0, 0.05) is 36.2 Å². The molecule has 3 rings (SSSR count). The zero-order chi connectivity index (χ0) is 15.5. The maximum atomic E-state index is 4.42. The number of pyridine rings is 1. The minimum atomic E-state index is 0.756. The Hall–Kier alpha value is -1.83. The van der Waals surface area contributed by atoms with Gasteiger partial charge < -0.3 is 4.90 Å². The Balaban J connectivity index is 1.88. The molecule has 2 heteroatoms. The normalized spacial score (nSPS) is 15.5. The zero-order valence-electron chi connectivity index (χ0n) is 14.0. The van der Waals surface area contributed by atoms with Gasteiger partial charge in [0.2, 0.25) is 0 Å². The summed E-state index contributed by atoms with van der Waals surface area (Å²) in [6.07, 6.45) is 5.69. The van der Waals surface area contributed by atoms with Gasteiger partial charge in [0.1, 0.15) is 0 Å². The van der Waals surface area contributed by atoms with Gasteiger partial charge in [-0.3, -0.25) is 4.98 Å². The van der Waals surface area contributed by atoms with Gasteiger partial charge in [-0.1, -0.05) is 32.4 Å². The van der Waals surface area contributed by atoms with Crippen LogP contribution in [0.4, 0.5) is 5.69 Å². The fourth-order valence-corrected chi connectivity index (χ4v) is 3.19. The summed E-state index contributed by atoms with van der Waals surface area (Å²) in [5, 5.41) is 0. The van der Waals surface area contributed by atoms with Gasteiger partial charge in [0.15, 0.2) is 0 Å². The number of aromatic nitrogens is 1. The first kappa shape index (κ1) is 15.1. The smallest absolute Gasteiger partial charge is 0.0399 e. The number of anilines is 1. The molecule has 1 aromatic carbocycles. The van der Waals surface area contributed by atoms with E-state index < -0.39 is 0 Å². The summed E-state index contributed by atoms with van der Waals surface area (Å²) in [5.41, 5.74) is 6.51. The van der Waals surface area contributed by atoms with Crippen LogP contribution in [0.1, 0.15) is 37.9 Å². The lowest BCUT2D eigenvalue weighted by Gasteiger charge is -2.33. The van der Waals surface area contributed by atoms with Crippen LogP contribution in [0.15, 0.2) is 36.5 Å². The number of rotatable bonds is 4. The van der Waals surface area contributed by atoms with Crippen LogP contribution >= 0.6 is 0 Å². The van der Waals surface area contributed by atoms with E-state index in [9.17, 15) is 0 Å². The highest BCUT2D eigenvalue weighted by Gasteiger charge is 2.18. The molecule has 0 spiro atoms. The maximum Gasteiger partial charge on any atom is 0.0399 e. The van der Waals surface area contributed by atoms with Crippen LogP contribution < -0.4 is 4.90 Å². The van der Waals surface area contributed by atoms with E-state index in [0.29, 0.717) is 0 Å². The first-order valence-electron chi connectivity index (χ1n) is 8.48. The fourth-order valence-electron chi connectivity index (χ4n) is 3.19. The molecule has 1 aromatic heterocycles. The molecule has 116 valence electrons. The van der Waals surface area contributed by atoms with Gasteiger partial charge in [0.25, 0.3) is 0 Å². The third-order valence-electron chi connectivity index (χ3n) is 4.77. The zero-order valence-corrected chi connectivity index (χ0v) is 14.0. The van der Waals surface area contributed by atoms with Gasteiger partial charge >= 0.3 is 0 Å². The van der Waals surface area contributed by atoms with Gasteiger partial charge in [-0.25, -0.2) is 0 Å². The Bertz CT molecular complexity index is 631. The average molecular weight is 294 g/mol. The molecular formula is C20H26N2. The second-order valence-corrected chi connectivity index (χ2v) is 6.59. The highest BCUT2D eigenvalue weighted by atomic mass is 15.1. The maximum absolute atomic E-state index is 4.42. The van der Waals surface area contributed by atoms with E-state index in [-0.39, 0.29) is 0 Å². The Morgan fingerprint density at radius 3 is 2.73 bits per heavy atom. The minimum Gasteiger partial charge on any atom is -0.371 e. The van der Waals surface area contributed by atoms with Crippen molar-refractivity contribution in [1.29, 1.82) is 0 Å². The summed E-state index contributed by atoms with van der Waals surface area (Å²) in [5.74, 6) is 0.756. The Morgan fingerprint density at radius 1 is 1.18 bits per heavy atom. The van der Waals surface area contributed by atoms with Gasteiger partial charge in [0.05, 0.1) is 0 Å². The van der Waals surface area contributed by atoms with Crippen molar-refractivity contribution < 1.29 is 0 Å². The highest BCUT2D eigenvalue weighted by molar-refractivity contribution is 5.69. The lowest BCUT2D eigenvalue weighted by molar-refractivity contribution is 0.530. The molecule has 1 aliphatic rings. The van der Waals surface area contributed by atoms with Crippen LogP contribution in [-0.2, 0) is 6.42 Å². The van der Waals surface area contributed by atoms with E-state index in [4.69, 9.17) is 0 Å². The van der Waals surface area contributed by atoms with Crippen LogP contribution in [-0.4, -0.2) is 18.1 Å². The van der Waals surface area contributed by atoms with Crippen molar-refractivity contribution in [3.05, 3.63) is 47.8 Å². The third kappa shape index (κ3) is 3.16. The first-order valence-corrected chi connectivity index (χ1v) is 8.48. The summed E-state index contributed by atoms with van der Waals surface area (Å²) in [6, 6.07) is 11.2. The van der Waals surface area contributed by atoms with Crippen LogP contribution in [0.25, 0.3) is 11.1 Å². The predicted octanol–water partition coefficient (Wildman–Crippen LogP) is 4.86. The van der Waals surface area contributed by atoms with E-state index in [1.807, 2.05) is 13.1 Å². The molecule has 0 aliphatic carbocycles. The van der Waals surface area contributed by atoms with Crippen molar-refractivity contribution in [2.24, 2.45) is 5.92 Å². The topological polar surface area (TPSA) is 16.1 Å². The van der Waals surface area contributed by atoms with Crippen molar-refractivity contribution in [3.8, 4) is 11.1 Å². The molecule has 2 aromatic rings. The van der Waals surface area contributed by atoms with Gasteiger partial charge in [-0.05, 0) is 55.0 Å². The van der Waals surface area contributed by atoms with Crippen molar-refractivity contribution in [2.45, 2.75) is 40.0 Å². The van der Waals surface area contributed by atoms with E-state index in [0.717, 1.165) is 11.6 Å². The van der Waals surface area contributed by atoms with Crippen molar-refractivity contribution in [3.63, 3.8) is 0 Å². The van der Waals surface area contributed by atoms with Crippen LogP contribution in [0.3, 0.4) is 0 Å². The molecule has 22 heavy (non-hydrogen) atoms. The van der Waals surface area contributed by atoms with Crippen molar-refractivity contribution >= 4 is 5.69 Å². The average Bonchev–Trinajstić information content (AvgIpc) is 2.55. The lowest BCUT2D eigenvalue weighted by Crippen LogP contribution is -2.33. The van der Waals surface area contributed by atoms with E-state index in [1.165, 1.54) is 54.7 Å². The molecule has 0 saturated carbocycles. The molecule has 0 fully saturated rings. The number of aryl methyl sites for hydroxylation is 2. The Kier molecular flexibility index (Phi) is 4.47. The summed E-state index contributed by atoms with van der Waals surface area (Å²) < 4.78 is 0. The molecule has 1 unspecified atom stereocenters. The summed E-state index contributed by atoms with van der Waals surface area (Å²) in [4.78, 5) is 7.00. The number of hydrogen-bond donors (Lipinski definition) is 0. The van der Waals surface area contributed by atoms with Crippen molar-refractivity contribution in [1.82, 2.24) is 4.98 Å². The second-order valence-electron chi connectivity index (χ2n) is 6.59. The molecular weight excluding hydrogens is 268 g/mol. The van der Waals surface area contributed by atoms with E-state index >= 15 is 0 Å². The SMILES string of the molecule is CCC(C)CN1CCCc2cc(-c3ccc(C)nc3)ccc21.